The summed E-state index contributed by atoms with van der Waals surface area (Å²) in [6.45, 7) is 10.9. The molecule has 0 aromatic carbocycles. The Morgan fingerprint density at radius 3 is 2.90 bits per heavy atom. The molecule has 0 saturated carbocycles. The lowest BCUT2D eigenvalue weighted by Gasteiger charge is -2.17. The van der Waals surface area contributed by atoms with Gasteiger partial charge in [-0.15, -0.1) is 0 Å². The fourth-order valence-corrected chi connectivity index (χ4v) is 3.69. The molecule has 0 spiro atoms. The predicted octanol–water partition coefficient (Wildman–Crippen LogP) is 3.62. The largest absolute Gasteiger partial charge is 0.472 e. The van der Waals surface area contributed by atoms with Crippen LogP contribution in [0.4, 0.5) is 11.6 Å². The Kier molecular flexibility index (Phi) is 5.39. The molecule has 4 rings (SSSR count). The Morgan fingerprint density at radius 2 is 2.17 bits per heavy atom. The molecule has 1 amide bonds. The van der Waals surface area contributed by atoms with Crippen LogP contribution in [0.15, 0.2) is 43.4 Å². The molecule has 3 aromatic rings. The van der Waals surface area contributed by atoms with E-state index in [1.54, 1.807) is 4.90 Å². The molecule has 3 aromatic heterocycles. The topological polar surface area (TPSA) is 85.2 Å². The molecule has 0 aliphatic carbocycles. The van der Waals surface area contributed by atoms with E-state index in [1.807, 2.05) is 31.3 Å². The zero-order chi connectivity index (χ0) is 21.3. The maximum absolute atomic E-state index is 11.9. The van der Waals surface area contributed by atoms with Crippen LogP contribution in [0.2, 0.25) is 0 Å². The number of aromatic nitrogens is 4. The van der Waals surface area contributed by atoms with Gasteiger partial charge >= 0.3 is 0 Å². The Bertz CT molecular complexity index is 1090. The lowest BCUT2D eigenvalue weighted by atomic mass is 10.2. The maximum Gasteiger partial charge on any atom is 0.246 e. The molecule has 4 heterocycles. The van der Waals surface area contributed by atoms with Gasteiger partial charge in [0.05, 0.1) is 17.4 Å². The van der Waals surface area contributed by atoms with E-state index < -0.39 is 0 Å². The highest BCUT2D eigenvalue weighted by Crippen LogP contribution is 2.32. The summed E-state index contributed by atoms with van der Waals surface area (Å²) in [5.41, 5.74) is 1.90. The van der Waals surface area contributed by atoms with E-state index in [1.165, 1.54) is 12.4 Å². The molecule has 0 radical (unpaired) electrons. The maximum atomic E-state index is 11.9. The summed E-state index contributed by atoms with van der Waals surface area (Å²) in [6.07, 6.45) is 5.56. The standard InChI is InChI=1S/C22H26N6O2/c1-5-21(29)27-8-6-16(12-27)30-22-17-7-9-28(14(2)3)18(17)11-20(26-22)25-19-10-15(4)23-13-24-19/h5,7,9-11,13-14,16H,1,6,8,12H2,2-4H3,(H,23,24,25,26). The van der Waals surface area contributed by atoms with Gasteiger partial charge in [0, 0.05) is 43.0 Å². The quantitative estimate of drug-likeness (QED) is 0.629. The van der Waals surface area contributed by atoms with Gasteiger partial charge in [0.1, 0.15) is 24.1 Å². The van der Waals surface area contributed by atoms with Crippen LogP contribution < -0.4 is 10.1 Å². The van der Waals surface area contributed by atoms with E-state index in [4.69, 9.17) is 9.72 Å². The molecular formula is C22H26N6O2. The van der Waals surface area contributed by atoms with Crippen molar-refractivity contribution in [3.8, 4) is 5.88 Å². The van der Waals surface area contributed by atoms with Crippen LogP contribution in [0.1, 0.15) is 32.0 Å². The number of hydrogen-bond donors (Lipinski definition) is 1. The van der Waals surface area contributed by atoms with Crippen LogP contribution in [0.5, 0.6) is 5.88 Å². The third kappa shape index (κ3) is 3.98. The second-order valence-corrected chi connectivity index (χ2v) is 7.75. The van der Waals surface area contributed by atoms with Gasteiger partial charge in [-0.2, -0.15) is 4.98 Å². The van der Waals surface area contributed by atoms with Crippen LogP contribution in [-0.4, -0.2) is 49.5 Å². The van der Waals surface area contributed by atoms with Crippen molar-refractivity contribution in [1.82, 2.24) is 24.4 Å². The van der Waals surface area contributed by atoms with E-state index in [9.17, 15) is 4.79 Å². The van der Waals surface area contributed by atoms with Crippen molar-refractivity contribution in [2.45, 2.75) is 39.3 Å². The number of fused-ring (bicyclic) bond motifs is 1. The number of nitrogens with zero attached hydrogens (tertiary/aromatic N) is 5. The van der Waals surface area contributed by atoms with E-state index in [0.717, 1.165) is 23.0 Å². The number of nitrogens with one attached hydrogen (secondary N) is 1. The fraction of sp³-hybridized carbons (Fsp3) is 0.364. The summed E-state index contributed by atoms with van der Waals surface area (Å²) >= 11 is 0. The molecule has 1 atom stereocenters. The molecule has 1 N–H and O–H groups in total. The van der Waals surface area contributed by atoms with Gasteiger partial charge in [0.2, 0.25) is 11.8 Å². The number of carbonyl (C=O) groups excluding carboxylic acids is 1. The SMILES string of the molecule is C=CC(=O)N1CCC(Oc2nc(Nc3cc(C)ncn3)cc3c2ccn3C(C)C)C1. The number of aryl methyl sites for hydroxylation is 1. The summed E-state index contributed by atoms with van der Waals surface area (Å²) in [4.78, 5) is 26.8. The Labute approximate surface area is 175 Å². The van der Waals surface area contributed by atoms with E-state index in [2.05, 4.69) is 40.3 Å². The zero-order valence-corrected chi connectivity index (χ0v) is 17.5. The molecule has 8 heteroatoms. The summed E-state index contributed by atoms with van der Waals surface area (Å²) in [6, 6.07) is 6.18. The fourth-order valence-electron chi connectivity index (χ4n) is 3.69. The minimum absolute atomic E-state index is 0.0697. The number of ether oxygens (including phenoxy) is 1. The third-order valence-corrected chi connectivity index (χ3v) is 5.21. The first-order chi connectivity index (χ1) is 14.4. The number of anilines is 2. The molecule has 1 aliphatic rings. The number of carbonyl (C=O) groups is 1. The molecule has 156 valence electrons. The average molecular weight is 406 g/mol. The highest BCUT2D eigenvalue weighted by atomic mass is 16.5. The van der Waals surface area contributed by atoms with Gasteiger partial charge in [-0.25, -0.2) is 9.97 Å². The number of pyridine rings is 1. The molecule has 0 bridgehead atoms. The normalized spacial score (nSPS) is 16.3. The lowest BCUT2D eigenvalue weighted by Crippen LogP contribution is -2.29. The highest BCUT2D eigenvalue weighted by Gasteiger charge is 2.27. The number of likely N-dealkylation sites (tertiary alicyclic amines) is 1. The van der Waals surface area contributed by atoms with E-state index in [0.29, 0.717) is 36.6 Å². The van der Waals surface area contributed by atoms with Crippen LogP contribution in [0, 0.1) is 6.92 Å². The second kappa shape index (κ2) is 8.14. The number of rotatable bonds is 6. The van der Waals surface area contributed by atoms with Gasteiger partial charge in [-0.3, -0.25) is 4.79 Å². The van der Waals surface area contributed by atoms with Crippen molar-refractivity contribution in [2.75, 3.05) is 18.4 Å². The minimum Gasteiger partial charge on any atom is -0.472 e. The second-order valence-electron chi connectivity index (χ2n) is 7.75. The Hall–Kier alpha value is -3.42. The summed E-state index contributed by atoms with van der Waals surface area (Å²) in [5.74, 6) is 1.80. The molecule has 1 aliphatic heterocycles. The van der Waals surface area contributed by atoms with Crippen LogP contribution >= 0.6 is 0 Å². The van der Waals surface area contributed by atoms with Crippen molar-refractivity contribution in [3.63, 3.8) is 0 Å². The van der Waals surface area contributed by atoms with Gasteiger partial charge in [-0.05, 0) is 32.9 Å². The molecule has 8 nitrogen and oxygen atoms in total. The molecule has 1 fully saturated rings. The minimum atomic E-state index is -0.108. The Morgan fingerprint density at radius 1 is 1.33 bits per heavy atom. The van der Waals surface area contributed by atoms with Crippen LogP contribution in [0.25, 0.3) is 10.9 Å². The van der Waals surface area contributed by atoms with Gasteiger partial charge in [0.15, 0.2) is 0 Å². The molecule has 30 heavy (non-hydrogen) atoms. The number of amides is 1. The molecule has 1 saturated heterocycles. The zero-order valence-electron chi connectivity index (χ0n) is 17.5. The van der Waals surface area contributed by atoms with Crippen molar-refractivity contribution >= 4 is 28.4 Å². The first-order valence-electron chi connectivity index (χ1n) is 10.1. The van der Waals surface area contributed by atoms with Gasteiger partial charge < -0.3 is 19.5 Å². The van der Waals surface area contributed by atoms with Crippen molar-refractivity contribution < 1.29 is 9.53 Å². The predicted molar refractivity (Wildman–Crippen MR) is 116 cm³/mol. The van der Waals surface area contributed by atoms with Crippen molar-refractivity contribution in [1.29, 1.82) is 0 Å². The number of hydrogen-bond acceptors (Lipinski definition) is 6. The first-order valence-corrected chi connectivity index (χ1v) is 10.1. The highest BCUT2D eigenvalue weighted by molar-refractivity contribution is 5.88. The Balaban J connectivity index is 1.67. The first kappa shape index (κ1) is 19.9. The van der Waals surface area contributed by atoms with Gasteiger partial charge in [0.25, 0.3) is 0 Å². The van der Waals surface area contributed by atoms with E-state index in [-0.39, 0.29) is 12.0 Å². The molecular weight excluding hydrogens is 380 g/mol. The monoisotopic (exact) mass is 406 g/mol. The summed E-state index contributed by atoms with van der Waals surface area (Å²) in [7, 11) is 0. The van der Waals surface area contributed by atoms with Crippen LogP contribution in [0.3, 0.4) is 0 Å². The van der Waals surface area contributed by atoms with Crippen molar-refractivity contribution in [2.24, 2.45) is 0 Å². The average Bonchev–Trinajstić information content (AvgIpc) is 3.34. The van der Waals surface area contributed by atoms with E-state index >= 15 is 0 Å². The van der Waals surface area contributed by atoms with Crippen LogP contribution in [-0.2, 0) is 4.79 Å². The lowest BCUT2D eigenvalue weighted by molar-refractivity contribution is -0.125. The molecule has 1 unspecified atom stereocenters. The van der Waals surface area contributed by atoms with Crippen molar-refractivity contribution in [3.05, 3.63) is 49.1 Å². The summed E-state index contributed by atoms with van der Waals surface area (Å²) in [5, 5.41) is 4.21. The summed E-state index contributed by atoms with van der Waals surface area (Å²) < 4.78 is 8.47. The van der Waals surface area contributed by atoms with Gasteiger partial charge in [-0.1, -0.05) is 6.58 Å². The third-order valence-electron chi connectivity index (χ3n) is 5.21. The smallest absolute Gasteiger partial charge is 0.246 e.